The number of hydrogen-bond acceptors (Lipinski definition) is 7. The molecule has 0 amide bonds. The largest absolute Gasteiger partial charge is 0.478 e. The molecular weight excluding hydrogens is 697 g/mol. The Labute approximate surface area is 278 Å². The number of aromatic nitrogens is 5. The first-order valence-corrected chi connectivity index (χ1v) is 14.2. The second kappa shape index (κ2) is 13.7. The molecule has 1 atom stereocenters. The summed E-state index contributed by atoms with van der Waals surface area (Å²) in [5.41, 5.74) is -4.00. The van der Waals surface area contributed by atoms with Gasteiger partial charge in [0.1, 0.15) is 0 Å². The van der Waals surface area contributed by atoms with E-state index < -0.39 is 59.3 Å². The Kier molecular flexibility index (Phi) is 10.4. The number of halogens is 10. The smallest absolute Gasteiger partial charge is 0.416 e. The molecule has 0 fully saturated rings. The standard InChI is InChI=1S/C30H26F9N7O2.ClH/c1-16-6-22-24(4-3-5-45(25(22)11-23(16)30(37,38)39)14-18-7-19(26(47)48)13-40-12-18)46(27-41-43-44(2)42-27)15-17-8-20(28(31,32)33)10-21(9-17)29(34,35)36;/h6-13,24H,3-5,14-15H2,1-2H3,(H,47,48);1H. The van der Waals surface area contributed by atoms with Crippen LogP contribution in [0, 0.1) is 6.92 Å². The van der Waals surface area contributed by atoms with Gasteiger partial charge in [0.05, 0.1) is 35.3 Å². The van der Waals surface area contributed by atoms with Crippen molar-refractivity contribution in [3.63, 3.8) is 0 Å². The third-order valence-electron chi connectivity index (χ3n) is 7.83. The SMILES string of the molecule is Cc1cc2c(cc1C(F)(F)F)N(Cc1cncc(C(=O)O)c1)CCCC2N(Cc1cc(C(F)(F)F)cc(C(F)(F)F)c1)c1nnn(C)n1.Cl. The van der Waals surface area contributed by atoms with E-state index in [0.717, 1.165) is 17.1 Å². The minimum absolute atomic E-state index is 0. The molecule has 2 aromatic heterocycles. The fourth-order valence-electron chi connectivity index (χ4n) is 5.73. The van der Waals surface area contributed by atoms with Crippen LogP contribution in [0.1, 0.15) is 68.2 Å². The number of aromatic carboxylic acids is 1. The Morgan fingerprint density at radius 3 is 2.12 bits per heavy atom. The normalized spacial score (nSPS) is 15.3. The maximum Gasteiger partial charge on any atom is 0.416 e. The second-order valence-corrected chi connectivity index (χ2v) is 11.3. The lowest BCUT2D eigenvalue weighted by atomic mass is 9.94. The summed E-state index contributed by atoms with van der Waals surface area (Å²) in [6.45, 7) is 0.751. The van der Waals surface area contributed by atoms with Crippen molar-refractivity contribution in [2.75, 3.05) is 16.3 Å². The molecule has 1 aliphatic rings. The lowest BCUT2D eigenvalue weighted by molar-refractivity contribution is -0.143. The van der Waals surface area contributed by atoms with Crippen molar-refractivity contribution in [3.8, 4) is 0 Å². The maximum atomic E-state index is 14.2. The van der Waals surface area contributed by atoms with Crippen molar-refractivity contribution < 1.29 is 49.4 Å². The van der Waals surface area contributed by atoms with E-state index in [1.165, 1.54) is 37.2 Å². The minimum atomic E-state index is -5.11. The van der Waals surface area contributed by atoms with Crippen LogP contribution in [0.3, 0.4) is 0 Å². The number of anilines is 2. The zero-order valence-corrected chi connectivity index (χ0v) is 26.3. The molecule has 19 heteroatoms. The van der Waals surface area contributed by atoms with E-state index in [9.17, 15) is 49.4 Å². The summed E-state index contributed by atoms with van der Waals surface area (Å²) < 4.78 is 125. The predicted octanol–water partition coefficient (Wildman–Crippen LogP) is 7.64. The molecule has 5 rings (SSSR count). The molecule has 3 heterocycles. The third kappa shape index (κ3) is 8.34. The number of carboxylic acids is 1. The van der Waals surface area contributed by atoms with Gasteiger partial charge in [-0.15, -0.1) is 17.5 Å². The molecule has 1 N–H and O–H groups in total. The number of rotatable bonds is 7. The first-order chi connectivity index (χ1) is 22.3. The van der Waals surface area contributed by atoms with Gasteiger partial charge in [-0.3, -0.25) is 4.98 Å². The fraction of sp³-hybridized carbons (Fsp3) is 0.367. The van der Waals surface area contributed by atoms with E-state index in [2.05, 4.69) is 20.4 Å². The zero-order chi connectivity index (χ0) is 35.2. The van der Waals surface area contributed by atoms with Crippen LogP contribution in [0.4, 0.5) is 51.1 Å². The molecule has 4 aromatic rings. The number of hydrogen-bond donors (Lipinski definition) is 1. The molecule has 1 unspecified atom stereocenters. The van der Waals surface area contributed by atoms with Gasteiger partial charge in [-0.05, 0) is 77.6 Å². The van der Waals surface area contributed by atoms with Crippen molar-refractivity contribution in [2.24, 2.45) is 7.05 Å². The highest BCUT2D eigenvalue weighted by Gasteiger charge is 2.39. The van der Waals surface area contributed by atoms with E-state index in [1.807, 2.05) is 0 Å². The van der Waals surface area contributed by atoms with Gasteiger partial charge in [0.2, 0.25) is 0 Å². The molecule has 9 nitrogen and oxygen atoms in total. The molecular formula is C30H27ClF9N7O2. The lowest BCUT2D eigenvalue weighted by Crippen LogP contribution is -2.30. The number of tetrazole rings is 1. The molecule has 264 valence electrons. The molecule has 49 heavy (non-hydrogen) atoms. The first kappa shape index (κ1) is 37.2. The van der Waals surface area contributed by atoms with Crippen LogP contribution < -0.4 is 9.80 Å². The van der Waals surface area contributed by atoms with Gasteiger partial charge < -0.3 is 14.9 Å². The van der Waals surface area contributed by atoms with Gasteiger partial charge in [-0.1, -0.05) is 11.2 Å². The minimum Gasteiger partial charge on any atom is -0.478 e. The average molecular weight is 724 g/mol. The van der Waals surface area contributed by atoms with E-state index in [1.54, 1.807) is 4.90 Å². The summed E-state index contributed by atoms with van der Waals surface area (Å²) in [5, 5.41) is 21.3. The molecule has 0 spiro atoms. The van der Waals surface area contributed by atoms with E-state index in [0.29, 0.717) is 24.1 Å². The number of carboxylic acid groups (broad SMARTS) is 1. The number of pyridine rings is 1. The van der Waals surface area contributed by atoms with Crippen molar-refractivity contribution in [3.05, 3.63) is 93.3 Å². The number of nitrogens with zero attached hydrogens (tertiary/aromatic N) is 7. The number of alkyl halides is 9. The molecule has 0 aliphatic carbocycles. The Bertz CT molecular complexity index is 1790. The summed E-state index contributed by atoms with van der Waals surface area (Å²) >= 11 is 0. The molecule has 0 saturated heterocycles. The van der Waals surface area contributed by atoms with Crippen LogP contribution in [0.5, 0.6) is 0 Å². The molecule has 0 saturated carbocycles. The number of carbonyl (C=O) groups is 1. The average Bonchev–Trinajstić information content (AvgIpc) is 3.34. The summed E-state index contributed by atoms with van der Waals surface area (Å²) in [7, 11) is 1.39. The highest BCUT2D eigenvalue weighted by Crippen LogP contribution is 2.44. The number of fused-ring (bicyclic) bond motifs is 1. The first-order valence-electron chi connectivity index (χ1n) is 14.2. The molecule has 0 bridgehead atoms. The lowest BCUT2D eigenvalue weighted by Gasteiger charge is -2.33. The predicted molar refractivity (Wildman–Crippen MR) is 159 cm³/mol. The van der Waals surface area contributed by atoms with Crippen LogP contribution >= 0.6 is 12.4 Å². The zero-order valence-electron chi connectivity index (χ0n) is 25.5. The Morgan fingerprint density at radius 1 is 0.918 bits per heavy atom. The van der Waals surface area contributed by atoms with Crippen molar-refractivity contribution in [1.29, 1.82) is 0 Å². The Hall–Kier alpha value is -4.61. The van der Waals surface area contributed by atoms with Crippen molar-refractivity contribution >= 4 is 30.0 Å². The Balaban J connectivity index is 0.00000541. The highest BCUT2D eigenvalue weighted by molar-refractivity contribution is 5.87. The third-order valence-corrected chi connectivity index (χ3v) is 7.83. The summed E-state index contributed by atoms with van der Waals surface area (Å²) in [6, 6.07) is 3.76. The van der Waals surface area contributed by atoms with Crippen LogP contribution in [0.2, 0.25) is 0 Å². The van der Waals surface area contributed by atoms with Crippen LogP contribution in [0.25, 0.3) is 0 Å². The Morgan fingerprint density at radius 2 is 1.57 bits per heavy atom. The van der Waals surface area contributed by atoms with Crippen molar-refractivity contribution in [2.45, 2.75) is 57.4 Å². The van der Waals surface area contributed by atoms with Crippen LogP contribution in [-0.2, 0) is 38.7 Å². The molecule has 2 aromatic carbocycles. The monoisotopic (exact) mass is 723 g/mol. The van der Waals surface area contributed by atoms with Crippen LogP contribution in [0.15, 0.2) is 48.8 Å². The maximum absolute atomic E-state index is 14.2. The summed E-state index contributed by atoms with van der Waals surface area (Å²) in [6.07, 6.45) is -12.0. The summed E-state index contributed by atoms with van der Waals surface area (Å²) in [5.74, 6) is -1.44. The quantitative estimate of drug-likeness (QED) is 0.194. The van der Waals surface area contributed by atoms with E-state index in [-0.39, 0.29) is 66.3 Å². The second-order valence-electron chi connectivity index (χ2n) is 11.3. The van der Waals surface area contributed by atoms with Crippen molar-refractivity contribution in [1.82, 2.24) is 25.2 Å². The van der Waals surface area contributed by atoms with Gasteiger partial charge in [0.15, 0.2) is 0 Å². The van der Waals surface area contributed by atoms with E-state index >= 15 is 0 Å². The summed E-state index contributed by atoms with van der Waals surface area (Å²) in [4.78, 5) is 19.4. The highest BCUT2D eigenvalue weighted by atomic mass is 35.5. The topological polar surface area (TPSA) is 100 Å². The van der Waals surface area contributed by atoms with Gasteiger partial charge in [0, 0.05) is 37.7 Å². The van der Waals surface area contributed by atoms with E-state index in [4.69, 9.17) is 0 Å². The molecule has 0 radical (unpaired) electrons. The number of aryl methyl sites for hydroxylation is 2. The molecule has 1 aliphatic heterocycles. The van der Waals surface area contributed by atoms with Gasteiger partial charge in [-0.25, -0.2) is 4.79 Å². The van der Waals surface area contributed by atoms with Gasteiger partial charge in [0.25, 0.3) is 5.95 Å². The van der Waals surface area contributed by atoms with Gasteiger partial charge in [-0.2, -0.15) is 44.3 Å². The van der Waals surface area contributed by atoms with Gasteiger partial charge >= 0.3 is 24.5 Å². The van der Waals surface area contributed by atoms with Crippen LogP contribution in [-0.4, -0.2) is 42.8 Å². The fourth-order valence-corrected chi connectivity index (χ4v) is 5.73. The number of benzene rings is 2.